The molecule has 0 saturated carbocycles. The molecular formula is C15H17N3O2. The number of nitrogens with one attached hydrogen (secondary N) is 2. The van der Waals surface area contributed by atoms with Gasteiger partial charge in [-0.3, -0.25) is 4.79 Å². The van der Waals surface area contributed by atoms with Crippen LogP contribution in [0.3, 0.4) is 0 Å². The molecule has 5 nitrogen and oxygen atoms in total. The molecule has 0 aromatic heterocycles. The van der Waals surface area contributed by atoms with E-state index in [1.165, 1.54) is 0 Å². The monoisotopic (exact) mass is 271 g/mol. The van der Waals surface area contributed by atoms with Gasteiger partial charge in [-0.2, -0.15) is 0 Å². The van der Waals surface area contributed by atoms with Crippen molar-refractivity contribution >= 4 is 23.0 Å². The van der Waals surface area contributed by atoms with E-state index >= 15 is 0 Å². The molecule has 0 aliphatic heterocycles. The first-order valence-electron chi connectivity index (χ1n) is 6.16. The number of ether oxygens (including phenoxy) is 1. The number of carbonyl (C=O) groups excluding carboxylic acids is 1. The van der Waals surface area contributed by atoms with Gasteiger partial charge in [0.2, 0.25) is 0 Å². The molecule has 0 heterocycles. The largest absolute Gasteiger partial charge is 0.497 e. The van der Waals surface area contributed by atoms with Gasteiger partial charge in [-0.1, -0.05) is 6.07 Å². The molecule has 20 heavy (non-hydrogen) atoms. The van der Waals surface area contributed by atoms with E-state index in [0.717, 1.165) is 17.1 Å². The minimum absolute atomic E-state index is 0.162. The topological polar surface area (TPSA) is 76.4 Å². The molecule has 0 aliphatic carbocycles. The van der Waals surface area contributed by atoms with Gasteiger partial charge in [0.15, 0.2) is 0 Å². The van der Waals surface area contributed by atoms with E-state index in [9.17, 15) is 4.79 Å². The Labute approximate surface area is 117 Å². The van der Waals surface area contributed by atoms with Gasteiger partial charge in [0.05, 0.1) is 18.5 Å². The van der Waals surface area contributed by atoms with Crippen LogP contribution < -0.4 is 21.1 Å². The average molecular weight is 271 g/mol. The van der Waals surface area contributed by atoms with Gasteiger partial charge in [0, 0.05) is 24.4 Å². The van der Waals surface area contributed by atoms with Crippen molar-refractivity contribution in [3.63, 3.8) is 0 Å². The number of methoxy groups -OCH3 is 1. The fourth-order valence-corrected chi connectivity index (χ4v) is 1.82. The van der Waals surface area contributed by atoms with Crippen molar-refractivity contribution in [1.29, 1.82) is 0 Å². The number of nitrogens with two attached hydrogens (primary N) is 1. The van der Waals surface area contributed by atoms with Crippen LogP contribution in [-0.2, 0) is 0 Å². The number of hydrogen-bond donors (Lipinski definition) is 3. The summed E-state index contributed by atoms with van der Waals surface area (Å²) in [5.41, 5.74) is 8.60. The lowest BCUT2D eigenvalue weighted by Crippen LogP contribution is -2.17. The summed E-state index contributed by atoms with van der Waals surface area (Å²) in [7, 11) is 3.20. The third-order valence-corrected chi connectivity index (χ3v) is 2.89. The predicted molar refractivity (Wildman–Crippen MR) is 80.5 cm³/mol. The number of hydrogen-bond acceptors (Lipinski definition) is 4. The molecule has 2 aromatic carbocycles. The van der Waals surface area contributed by atoms with Crippen LogP contribution in [0.15, 0.2) is 42.5 Å². The van der Waals surface area contributed by atoms with Crippen LogP contribution in [-0.4, -0.2) is 20.1 Å². The molecule has 0 saturated heterocycles. The van der Waals surface area contributed by atoms with Gasteiger partial charge in [0.1, 0.15) is 5.75 Å². The number of nitrogen functional groups attached to an aromatic ring is 1. The molecule has 0 spiro atoms. The summed E-state index contributed by atoms with van der Waals surface area (Å²) in [5, 5.41) is 5.76. The molecule has 0 bridgehead atoms. The van der Waals surface area contributed by atoms with Crippen LogP contribution in [0.25, 0.3) is 0 Å². The Balaban J connectivity index is 2.23. The van der Waals surface area contributed by atoms with Crippen LogP contribution in [0.2, 0.25) is 0 Å². The molecule has 0 unspecified atom stereocenters. The van der Waals surface area contributed by atoms with Crippen molar-refractivity contribution in [3.05, 3.63) is 48.0 Å². The van der Waals surface area contributed by atoms with Crippen molar-refractivity contribution < 1.29 is 9.53 Å². The lowest BCUT2D eigenvalue weighted by Gasteiger charge is -2.11. The Hall–Kier alpha value is -2.69. The summed E-state index contributed by atoms with van der Waals surface area (Å²) in [6.45, 7) is 0. The van der Waals surface area contributed by atoms with Crippen LogP contribution in [0, 0.1) is 0 Å². The summed E-state index contributed by atoms with van der Waals surface area (Å²) in [6.07, 6.45) is 0. The first kappa shape index (κ1) is 13.7. The van der Waals surface area contributed by atoms with Crippen LogP contribution >= 0.6 is 0 Å². The first-order chi connectivity index (χ1) is 9.63. The van der Waals surface area contributed by atoms with Crippen LogP contribution in [0.5, 0.6) is 5.75 Å². The zero-order valence-corrected chi connectivity index (χ0v) is 11.4. The summed E-state index contributed by atoms with van der Waals surface area (Å²) in [6, 6.07) is 12.7. The van der Waals surface area contributed by atoms with E-state index in [0.29, 0.717) is 11.3 Å². The zero-order valence-electron chi connectivity index (χ0n) is 11.4. The van der Waals surface area contributed by atoms with E-state index in [1.807, 2.05) is 24.3 Å². The molecule has 0 aliphatic rings. The van der Waals surface area contributed by atoms with Crippen molar-refractivity contribution in [1.82, 2.24) is 5.32 Å². The highest BCUT2D eigenvalue weighted by molar-refractivity contribution is 5.96. The zero-order chi connectivity index (χ0) is 14.5. The van der Waals surface area contributed by atoms with Crippen LogP contribution in [0.4, 0.5) is 17.1 Å². The minimum Gasteiger partial charge on any atom is -0.497 e. The number of rotatable bonds is 4. The molecule has 2 rings (SSSR count). The summed E-state index contributed by atoms with van der Waals surface area (Å²) >= 11 is 0. The Morgan fingerprint density at radius 1 is 1.20 bits per heavy atom. The number of benzene rings is 2. The molecule has 0 radical (unpaired) electrons. The molecule has 104 valence electrons. The molecular weight excluding hydrogens is 254 g/mol. The Morgan fingerprint density at radius 3 is 2.65 bits per heavy atom. The second-order valence-electron chi connectivity index (χ2n) is 4.24. The van der Waals surface area contributed by atoms with Gasteiger partial charge < -0.3 is 21.1 Å². The van der Waals surface area contributed by atoms with E-state index in [-0.39, 0.29) is 5.91 Å². The van der Waals surface area contributed by atoms with Crippen LogP contribution in [0.1, 0.15) is 10.4 Å². The fraction of sp³-hybridized carbons (Fsp3) is 0.133. The second kappa shape index (κ2) is 5.97. The fourth-order valence-electron chi connectivity index (χ4n) is 1.82. The van der Waals surface area contributed by atoms with E-state index in [4.69, 9.17) is 10.5 Å². The van der Waals surface area contributed by atoms with Crippen molar-refractivity contribution in [2.24, 2.45) is 0 Å². The normalized spacial score (nSPS) is 9.90. The average Bonchev–Trinajstić information content (AvgIpc) is 2.48. The molecule has 0 atom stereocenters. The maximum absolute atomic E-state index is 11.5. The highest BCUT2D eigenvalue weighted by Crippen LogP contribution is 2.26. The lowest BCUT2D eigenvalue weighted by atomic mass is 10.1. The summed E-state index contributed by atoms with van der Waals surface area (Å²) in [4.78, 5) is 11.5. The quantitative estimate of drug-likeness (QED) is 0.746. The highest BCUT2D eigenvalue weighted by atomic mass is 16.5. The molecule has 0 fully saturated rings. The van der Waals surface area contributed by atoms with E-state index in [2.05, 4.69) is 10.6 Å². The summed E-state index contributed by atoms with van der Waals surface area (Å²) < 4.78 is 5.16. The van der Waals surface area contributed by atoms with Gasteiger partial charge in [-0.15, -0.1) is 0 Å². The molecule has 1 amide bonds. The standard InChI is InChI=1S/C15H17N3O2/c1-17-15(19)10-6-7-14(13(16)8-10)18-11-4-3-5-12(9-11)20-2/h3-9,18H,16H2,1-2H3,(H,17,19). The molecule has 2 aromatic rings. The predicted octanol–water partition coefficient (Wildman–Crippen LogP) is 2.38. The van der Waals surface area contributed by atoms with Gasteiger partial charge in [-0.05, 0) is 30.3 Å². The third kappa shape index (κ3) is 3.00. The van der Waals surface area contributed by atoms with E-state index < -0.39 is 0 Å². The lowest BCUT2D eigenvalue weighted by molar-refractivity contribution is 0.0963. The molecule has 4 N–H and O–H groups in total. The van der Waals surface area contributed by atoms with Crippen molar-refractivity contribution in [2.75, 3.05) is 25.2 Å². The number of amides is 1. The van der Waals surface area contributed by atoms with E-state index in [1.54, 1.807) is 32.4 Å². The Kier molecular flexibility index (Phi) is 4.10. The van der Waals surface area contributed by atoms with Gasteiger partial charge in [0.25, 0.3) is 5.91 Å². The SMILES string of the molecule is CNC(=O)c1ccc(Nc2cccc(OC)c2)c(N)c1. The Morgan fingerprint density at radius 2 is 2.00 bits per heavy atom. The first-order valence-corrected chi connectivity index (χ1v) is 6.16. The third-order valence-electron chi connectivity index (χ3n) is 2.89. The Bertz CT molecular complexity index is 626. The second-order valence-corrected chi connectivity index (χ2v) is 4.24. The maximum atomic E-state index is 11.5. The molecule has 5 heteroatoms. The van der Waals surface area contributed by atoms with Crippen molar-refractivity contribution in [2.45, 2.75) is 0 Å². The maximum Gasteiger partial charge on any atom is 0.251 e. The highest BCUT2D eigenvalue weighted by Gasteiger charge is 2.07. The minimum atomic E-state index is -0.162. The van der Waals surface area contributed by atoms with Gasteiger partial charge >= 0.3 is 0 Å². The van der Waals surface area contributed by atoms with Crippen molar-refractivity contribution in [3.8, 4) is 5.75 Å². The summed E-state index contributed by atoms with van der Waals surface area (Å²) in [5.74, 6) is 0.597. The van der Waals surface area contributed by atoms with Gasteiger partial charge in [-0.25, -0.2) is 0 Å². The number of carbonyl (C=O) groups is 1. The number of anilines is 3. The smallest absolute Gasteiger partial charge is 0.251 e.